The van der Waals surface area contributed by atoms with Crippen molar-refractivity contribution in [3.05, 3.63) is 35.4 Å². The van der Waals surface area contributed by atoms with Crippen LogP contribution in [0.15, 0.2) is 24.3 Å². The van der Waals surface area contributed by atoms with Gasteiger partial charge in [0.1, 0.15) is 18.1 Å². The van der Waals surface area contributed by atoms with Crippen molar-refractivity contribution in [3.8, 4) is 0 Å². The predicted octanol–water partition coefficient (Wildman–Crippen LogP) is 3.45. The van der Waals surface area contributed by atoms with Gasteiger partial charge in [0.25, 0.3) is 5.91 Å². The summed E-state index contributed by atoms with van der Waals surface area (Å²) in [5, 5.41) is 5.69. The van der Waals surface area contributed by atoms with E-state index < -0.39 is 24.2 Å². The molecule has 2 saturated heterocycles. The lowest BCUT2D eigenvalue weighted by atomic mass is 9.86. The van der Waals surface area contributed by atoms with E-state index in [1.54, 1.807) is 21.9 Å². The zero-order valence-corrected chi connectivity index (χ0v) is 26.0. The minimum Gasteiger partial charge on any atom is -0.345 e. The highest BCUT2D eigenvalue weighted by atomic mass is 16.2. The number of hydrogen-bond donors (Lipinski definition) is 2. The van der Waals surface area contributed by atoms with Gasteiger partial charge in [-0.15, -0.1) is 0 Å². The standard InChI is InChI=1S/C32H48N4O5/c1-19(2)9-14-24(33-21(5)37)30(40)36-18-27(38)28-26(36)15-16-35(28)31(41)25(17-20(3)4)34-29(39)22-10-12-23(13-11-22)32(6,7)8/h10-13,19-20,24-26,28H,9,14-18H2,1-8H3,(H,33,37)(H,34,39). The van der Waals surface area contributed by atoms with Crippen LogP contribution in [0.1, 0.15) is 97.0 Å². The highest BCUT2D eigenvalue weighted by Crippen LogP contribution is 2.32. The molecule has 3 rings (SSSR count). The van der Waals surface area contributed by atoms with Crippen molar-refractivity contribution in [2.24, 2.45) is 11.8 Å². The van der Waals surface area contributed by atoms with Gasteiger partial charge in [-0.3, -0.25) is 24.0 Å². The largest absolute Gasteiger partial charge is 0.345 e. The fourth-order valence-electron chi connectivity index (χ4n) is 5.82. The number of ketones is 1. The molecule has 2 heterocycles. The lowest BCUT2D eigenvalue weighted by Crippen LogP contribution is -2.53. The maximum absolute atomic E-state index is 13.9. The van der Waals surface area contributed by atoms with E-state index >= 15 is 0 Å². The molecule has 0 aliphatic carbocycles. The van der Waals surface area contributed by atoms with Gasteiger partial charge in [0, 0.05) is 19.0 Å². The molecule has 4 amide bonds. The zero-order valence-electron chi connectivity index (χ0n) is 26.0. The van der Waals surface area contributed by atoms with Gasteiger partial charge < -0.3 is 20.4 Å². The number of benzene rings is 1. The Labute approximate surface area is 244 Å². The number of amides is 4. The highest BCUT2D eigenvalue weighted by molar-refractivity contribution is 6.01. The number of nitrogens with one attached hydrogen (secondary N) is 2. The predicted molar refractivity (Wildman–Crippen MR) is 158 cm³/mol. The molecule has 0 aromatic heterocycles. The molecule has 1 aromatic carbocycles. The second-order valence-electron chi connectivity index (χ2n) is 13.5. The number of carbonyl (C=O) groups is 5. The summed E-state index contributed by atoms with van der Waals surface area (Å²) in [7, 11) is 0. The van der Waals surface area contributed by atoms with Gasteiger partial charge in [0.2, 0.25) is 17.7 Å². The van der Waals surface area contributed by atoms with Gasteiger partial charge in [-0.2, -0.15) is 0 Å². The van der Waals surface area contributed by atoms with Crippen molar-refractivity contribution >= 4 is 29.4 Å². The normalized spacial score (nSPS) is 20.3. The summed E-state index contributed by atoms with van der Waals surface area (Å²) in [5.41, 5.74) is 1.53. The van der Waals surface area contributed by atoms with Crippen LogP contribution in [0.25, 0.3) is 0 Å². The van der Waals surface area contributed by atoms with Crippen molar-refractivity contribution in [1.82, 2.24) is 20.4 Å². The van der Waals surface area contributed by atoms with Gasteiger partial charge in [-0.1, -0.05) is 60.6 Å². The summed E-state index contributed by atoms with van der Waals surface area (Å²) in [6, 6.07) is 4.72. The Balaban J connectivity index is 1.76. The van der Waals surface area contributed by atoms with E-state index in [9.17, 15) is 24.0 Å². The molecule has 2 aliphatic heterocycles. The molecule has 2 aliphatic rings. The lowest BCUT2D eigenvalue weighted by Gasteiger charge is -2.30. The van der Waals surface area contributed by atoms with Gasteiger partial charge in [0.05, 0.1) is 12.6 Å². The van der Waals surface area contributed by atoms with Crippen molar-refractivity contribution in [2.45, 2.75) is 111 Å². The molecule has 41 heavy (non-hydrogen) atoms. The molecule has 0 spiro atoms. The van der Waals surface area contributed by atoms with Crippen LogP contribution in [0.3, 0.4) is 0 Å². The highest BCUT2D eigenvalue weighted by Gasteiger charge is 2.53. The van der Waals surface area contributed by atoms with Crippen molar-refractivity contribution < 1.29 is 24.0 Å². The quantitative estimate of drug-likeness (QED) is 0.449. The van der Waals surface area contributed by atoms with Gasteiger partial charge >= 0.3 is 0 Å². The first-order valence-electron chi connectivity index (χ1n) is 14.9. The van der Waals surface area contributed by atoms with Crippen molar-refractivity contribution in [2.75, 3.05) is 13.1 Å². The Bertz CT molecular complexity index is 1140. The number of nitrogens with zero attached hydrogens (tertiary/aromatic N) is 2. The molecule has 0 saturated carbocycles. The molecule has 0 bridgehead atoms. The number of hydrogen-bond acceptors (Lipinski definition) is 5. The van der Waals surface area contributed by atoms with E-state index in [1.807, 2.05) is 26.0 Å². The van der Waals surface area contributed by atoms with E-state index in [0.29, 0.717) is 37.3 Å². The molecular weight excluding hydrogens is 520 g/mol. The van der Waals surface area contributed by atoms with Crippen LogP contribution < -0.4 is 10.6 Å². The topological polar surface area (TPSA) is 116 Å². The first kappa shape index (κ1) is 32.3. The summed E-state index contributed by atoms with van der Waals surface area (Å²) in [4.78, 5) is 68.7. The van der Waals surface area contributed by atoms with Gasteiger partial charge in [0.15, 0.2) is 5.78 Å². The number of rotatable bonds is 10. The smallest absolute Gasteiger partial charge is 0.251 e. The van der Waals surface area contributed by atoms with E-state index in [4.69, 9.17) is 0 Å². The molecule has 9 heteroatoms. The third kappa shape index (κ3) is 7.95. The summed E-state index contributed by atoms with van der Waals surface area (Å²) < 4.78 is 0. The maximum Gasteiger partial charge on any atom is 0.251 e. The van der Waals surface area contributed by atoms with Crippen molar-refractivity contribution in [1.29, 1.82) is 0 Å². The second kappa shape index (κ2) is 13.2. The number of Topliss-reactive ketones (excluding diaryl/α,β-unsaturated/α-hetero) is 1. The number of carbonyl (C=O) groups excluding carboxylic acids is 5. The van der Waals surface area contributed by atoms with Crippen LogP contribution in [0.5, 0.6) is 0 Å². The fourth-order valence-corrected chi connectivity index (χ4v) is 5.82. The van der Waals surface area contributed by atoms with Crippen LogP contribution >= 0.6 is 0 Å². The average Bonchev–Trinajstić information content (AvgIpc) is 3.45. The third-order valence-corrected chi connectivity index (χ3v) is 8.02. The molecule has 2 fully saturated rings. The Morgan fingerprint density at radius 3 is 2.02 bits per heavy atom. The average molecular weight is 569 g/mol. The van der Waals surface area contributed by atoms with Crippen LogP contribution in [0.4, 0.5) is 0 Å². The monoisotopic (exact) mass is 568 g/mol. The van der Waals surface area contributed by atoms with Gasteiger partial charge in [-0.25, -0.2) is 0 Å². The van der Waals surface area contributed by atoms with Gasteiger partial charge in [-0.05, 0) is 60.6 Å². The lowest BCUT2D eigenvalue weighted by molar-refractivity contribution is -0.138. The van der Waals surface area contributed by atoms with Crippen LogP contribution in [0.2, 0.25) is 0 Å². The van der Waals surface area contributed by atoms with E-state index in [1.165, 1.54) is 6.92 Å². The number of fused-ring (bicyclic) bond motifs is 1. The summed E-state index contributed by atoms with van der Waals surface area (Å²) in [5.74, 6) is -0.907. The Morgan fingerprint density at radius 1 is 0.878 bits per heavy atom. The Kier molecular flexibility index (Phi) is 10.4. The molecule has 4 atom stereocenters. The zero-order chi connectivity index (χ0) is 30.6. The second-order valence-corrected chi connectivity index (χ2v) is 13.5. The van der Waals surface area contributed by atoms with E-state index in [-0.39, 0.29) is 47.3 Å². The minimum absolute atomic E-state index is 0.0445. The molecule has 9 nitrogen and oxygen atoms in total. The Morgan fingerprint density at radius 2 is 1.49 bits per heavy atom. The first-order valence-corrected chi connectivity index (χ1v) is 14.9. The van der Waals surface area contributed by atoms with E-state index in [0.717, 1.165) is 12.0 Å². The van der Waals surface area contributed by atoms with Crippen LogP contribution in [-0.4, -0.2) is 76.5 Å². The molecule has 4 unspecified atom stereocenters. The molecule has 1 aromatic rings. The molecule has 0 radical (unpaired) electrons. The van der Waals surface area contributed by atoms with Crippen molar-refractivity contribution in [3.63, 3.8) is 0 Å². The summed E-state index contributed by atoms with van der Waals surface area (Å²) in [6.45, 7) is 16.0. The Hall–Kier alpha value is -3.23. The summed E-state index contributed by atoms with van der Waals surface area (Å²) in [6.07, 6.45) is 2.14. The SMILES string of the molecule is CC(=O)NC(CCC(C)C)C(=O)N1CC(=O)C2C1CCN2C(=O)C(CC(C)C)NC(=O)c1ccc(C(C)(C)C)cc1. The summed E-state index contributed by atoms with van der Waals surface area (Å²) >= 11 is 0. The first-order chi connectivity index (χ1) is 19.1. The van der Waals surface area contributed by atoms with E-state index in [2.05, 4.69) is 45.3 Å². The molecule has 226 valence electrons. The molecule has 2 N–H and O–H groups in total. The maximum atomic E-state index is 13.9. The van der Waals surface area contributed by atoms with Crippen LogP contribution in [0, 0.1) is 11.8 Å². The fraction of sp³-hybridized carbons (Fsp3) is 0.656. The third-order valence-electron chi connectivity index (χ3n) is 8.02. The number of likely N-dealkylation sites (tertiary alicyclic amines) is 2. The minimum atomic E-state index is -0.792. The molecular formula is C32H48N4O5. The van der Waals surface area contributed by atoms with Crippen LogP contribution in [-0.2, 0) is 24.6 Å².